The number of ether oxygens (including phenoxy) is 1. The number of hydrogen-bond acceptors (Lipinski definition) is 4. The Kier molecular flexibility index (Phi) is 3.71. The largest absolute Gasteiger partial charge is 0.436 e. The first-order valence-electron chi connectivity index (χ1n) is 4.47. The quantitative estimate of drug-likeness (QED) is 0.904. The minimum Gasteiger partial charge on any atom is -0.436 e. The molecule has 0 aliphatic carbocycles. The summed E-state index contributed by atoms with van der Waals surface area (Å²) in [7, 11) is 0. The molecule has 0 atom stereocenters. The summed E-state index contributed by atoms with van der Waals surface area (Å²) in [6.45, 7) is 0. The fraction of sp³-hybridized carbons (Fsp3) is 0. The molecule has 0 aliphatic rings. The van der Waals surface area contributed by atoms with Gasteiger partial charge in [0.2, 0.25) is 5.88 Å². The highest BCUT2D eigenvalue weighted by molar-refractivity contribution is 9.10. The second-order valence-corrected chi connectivity index (χ2v) is 4.76. The standard InChI is InChI=1S/C10H6BrCl2N3O/c11-5-1-2-6(12)7(3-5)17-10-8(13)9(14)15-4-16-10/h1-4H,(H2,14,15,16). The predicted octanol–water partition coefficient (Wildman–Crippen LogP) is 3.92. The van der Waals surface area contributed by atoms with Gasteiger partial charge in [-0.15, -0.1) is 0 Å². The molecule has 88 valence electrons. The van der Waals surface area contributed by atoms with Gasteiger partial charge in [0.1, 0.15) is 22.9 Å². The molecular formula is C10H6BrCl2N3O. The number of nitrogens with two attached hydrogens (primary N) is 1. The molecule has 2 rings (SSSR count). The number of rotatable bonds is 2. The van der Waals surface area contributed by atoms with Gasteiger partial charge in [0.25, 0.3) is 0 Å². The predicted molar refractivity (Wildman–Crippen MR) is 70.7 cm³/mol. The van der Waals surface area contributed by atoms with E-state index in [1.54, 1.807) is 18.2 Å². The molecule has 0 bridgehead atoms. The van der Waals surface area contributed by atoms with Crippen molar-refractivity contribution in [2.75, 3.05) is 5.73 Å². The summed E-state index contributed by atoms with van der Waals surface area (Å²) >= 11 is 15.2. The monoisotopic (exact) mass is 333 g/mol. The molecule has 0 saturated carbocycles. The van der Waals surface area contributed by atoms with Crippen LogP contribution in [0.25, 0.3) is 0 Å². The lowest BCUT2D eigenvalue weighted by atomic mass is 10.3. The summed E-state index contributed by atoms with van der Waals surface area (Å²) in [6.07, 6.45) is 1.27. The van der Waals surface area contributed by atoms with E-state index in [2.05, 4.69) is 25.9 Å². The van der Waals surface area contributed by atoms with Gasteiger partial charge in [-0.3, -0.25) is 0 Å². The number of halogens is 3. The molecule has 0 aliphatic heterocycles. The van der Waals surface area contributed by atoms with E-state index in [0.29, 0.717) is 10.8 Å². The molecule has 0 amide bonds. The van der Waals surface area contributed by atoms with Gasteiger partial charge in [0, 0.05) is 4.47 Å². The van der Waals surface area contributed by atoms with Gasteiger partial charge in [-0.05, 0) is 18.2 Å². The summed E-state index contributed by atoms with van der Waals surface area (Å²) in [4.78, 5) is 7.62. The molecule has 2 aromatic rings. The maximum Gasteiger partial charge on any atom is 0.243 e. The summed E-state index contributed by atoms with van der Waals surface area (Å²) < 4.78 is 6.31. The molecule has 7 heteroatoms. The average molecular weight is 335 g/mol. The Morgan fingerprint density at radius 1 is 1.24 bits per heavy atom. The third kappa shape index (κ3) is 2.80. The van der Waals surface area contributed by atoms with E-state index in [4.69, 9.17) is 33.7 Å². The van der Waals surface area contributed by atoms with Crippen LogP contribution >= 0.6 is 39.1 Å². The second kappa shape index (κ2) is 5.08. The number of benzene rings is 1. The lowest BCUT2D eigenvalue weighted by Crippen LogP contribution is -1.96. The van der Waals surface area contributed by atoms with E-state index >= 15 is 0 Å². The number of anilines is 1. The van der Waals surface area contributed by atoms with E-state index in [-0.39, 0.29) is 16.7 Å². The van der Waals surface area contributed by atoms with Crippen molar-refractivity contribution < 1.29 is 4.74 Å². The van der Waals surface area contributed by atoms with E-state index < -0.39 is 0 Å². The van der Waals surface area contributed by atoms with Crippen LogP contribution in [-0.2, 0) is 0 Å². The fourth-order valence-corrected chi connectivity index (χ4v) is 1.73. The summed E-state index contributed by atoms with van der Waals surface area (Å²) in [6, 6.07) is 5.20. The van der Waals surface area contributed by atoms with Crippen LogP contribution in [0.15, 0.2) is 29.0 Å². The molecule has 1 aromatic heterocycles. The van der Waals surface area contributed by atoms with Crippen LogP contribution in [0, 0.1) is 0 Å². The lowest BCUT2D eigenvalue weighted by Gasteiger charge is -2.08. The molecule has 1 heterocycles. The maximum absolute atomic E-state index is 5.97. The van der Waals surface area contributed by atoms with Crippen LogP contribution < -0.4 is 10.5 Å². The molecule has 0 spiro atoms. The van der Waals surface area contributed by atoms with E-state index in [9.17, 15) is 0 Å². The highest BCUT2D eigenvalue weighted by Crippen LogP contribution is 2.35. The first-order valence-corrected chi connectivity index (χ1v) is 6.01. The Bertz CT molecular complexity index is 565. The molecule has 1 aromatic carbocycles. The molecule has 0 unspecified atom stereocenters. The number of hydrogen-bond donors (Lipinski definition) is 1. The molecule has 0 saturated heterocycles. The third-order valence-corrected chi connectivity index (χ3v) is 3.05. The van der Waals surface area contributed by atoms with Crippen molar-refractivity contribution in [2.45, 2.75) is 0 Å². The molecule has 4 nitrogen and oxygen atoms in total. The average Bonchev–Trinajstić information content (AvgIpc) is 2.30. The van der Waals surface area contributed by atoms with E-state index in [0.717, 1.165) is 4.47 Å². The van der Waals surface area contributed by atoms with Crippen molar-refractivity contribution in [3.8, 4) is 11.6 Å². The number of nitrogen functional groups attached to an aromatic ring is 1. The number of nitrogens with zero attached hydrogens (tertiary/aromatic N) is 2. The van der Waals surface area contributed by atoms with Crippen molar-refractivity contribution in [2.24, 2.45) is 0 Å². The van der Waals surface area contributed by atoms with Gasteiger partial charge in [0.15, 0.2) is 0 Å². The van der Waals surface area contributed by atoms with Gasteiger partial charge >= 0.3 is 0 Å². The molecule has 17 heavy (non-hydrogen) atoms. The highest BCUT2D eigenvalue weighted by atomic mass is 79.9. The molecule has 0 radical (unpaired) electrons. The van der Waals surface area contributed by atoms with Crippen molar-refractivity contribution >= 4 is 44.9 Å². The SMILES string of the molecule is Nc1ncnc(Oc2cc(Br)ccc2Cl)c1Cl. The van der Waals surface area contributed by atoms with Crippen molar-refractivity contribution in [3.05, 3.63) is 39.0 Å². The van der Waals surface area contributed by atoms with E-state index in [1.165, 1.54) is 6.33 Å². The van der Waals surface area contributed by atoms with Crippen LogP contribution in [0.3, 0.4) is 0 Å². The highest BCUT2D eigenvalue weighted by Gasteiger charge is 2.11. The third-order valence-electron chi connectivity index (χ3n) is 1.88. The minimum atomic E-state index is 0.155. The summed E-state index contributed by atoms with van der Waals surface area (Å²) in [5.41, 5.74) is 5.54. The van der Waals surface area contributed by atoms with Gasteiger partial charge in [0.05, 0.1) is 5.02 Å². The smallest absolute Gasteiger partial charge is 0.243 e. The zero-order valence-corrected chi connectivity index (χ0v) is 11.4. The van der Waals surface area contributed by atoms with Crippen molar-refractivity contribution in [3.63, 3.8) is 0 Å². The molecule has 0 fully saturated rings. The van der Waals surface area contributed by atoms with Crippen molar-refractivity contribution in [1.82, 2.24) is 9.97 Å². The van der Waals surface area contributed by atoms with Gasteiger partial charge in [-0.1, -0.05) is 39.1 Å². The van der Waals surface area contributed by atoms with Gasteiger partial charge in [-0.2, -0.15) is 4.98 Å². The first kappa shape index (κ1) is 12.4. The molecule has 2 N–H and O–H groups in total. The minimum absolute atomic E-state index is 0.155. The Morgan fingerprint density at radius 3 is 2.76 bits per heavy atom. The summed E-state index contributed by atoms with van der Waals surface area (Å²) in [5, 5.41) is 0.602. The van der Waals surface area contributed by atoms with Crippen LogP contribution in [-0.4, -0.2) is 9.97 Å². The van der Waals surface area contributed by atoms with Gasteiger partial charge < -0.3 is 10.5 Å². The lowest BCUT2D eigenvalue weighted by molar-refractivity contribution is 0.462. The van der Waals surface area contributed by atoms with Gasteiger partial charge in [-0.25, -0.2) is 4.98 Å². The Balaban J connectivity index is 2.38. The van der Waals surface area contributed by atoms with Crippen LogP contribution in [0.2, 0.25) is 10.0 Å². The normalized spacial score (nSPS) is 10.3. The topological polar surface area (TPSA) is 61.0 Å². The van der Waals surface area contributed by atoms with E-state index in [1.807, 2.05) is 0 Å². The Hall–Kier alpha value is -1.04. The Morgan fingerprint density at radius 2 is 2.00 bits per heavy atom. The zero-order valence-electron chi connectivity index (χ0n) is 8.32. The van der Waals surface area contributed by atoms with Crippen LogP contribution in [0.1, 0.15) is 0 Å². The zero-order chi connectivity index (χ0) is 12.4. The van der Waals surface area contributed by atoms with Crippen LogP contribution in [0.5, 0.6) is 11.6 Å². The number of aromatic nitrogens is 2. The van der Waals surface area contributed by atoms with Crippen molar-refractivity contribution in [1.29, 1.82) is 0 Å². The molecular weight excluding hydrogens is 329 g/mol. The first-order chi connectivity index (χ1) is 8.08. The summed E-state index contributed by atoms with van der Waals surface area (Å²) in [5.74, 6) is 0.753. The Labute approximate surface area is 116 Å². The maximum atomic E-state index is 5.97. The van der Waals surface area contributed by atoms with Crippen LogP contribution in [0.4, 0.5) is 5.82 Å². The fourth-order valence-electron chi connectivity index (χ4n) is 1.10. The second-order valence-electron chi connectivity index (χ2n) is 3.05.